The molecule has 19 heteroatoms. The summed E-state index contributed by atoms with van der Waals surface area (Å²) < 4.78 is 50.1. The number of rotatable bonds is 11. The molecule has 7 heterocycles. The Balaban J connectivity index is 0.971. The van der Waals surface area contributed by atoms with Gasteiger partial charge in [0.2, 0.25) is 18.0 Å². The Kier molecular flexibility index (Phi) is 12.3. The summed E-state index contributed by atoms with van der Waals surface area (Å²) in [6.07, 6.45) is -1.10. The minimum absolute atomic E-state index is 0.0510. The Bertz CT molecular complexity index is 3110. The molecule has 0 aliphatic carbocycles. The van der Waals surface area contributed by atoms with Crippen LogP contribution in [0.3, 0.4) is 0 Å². The molecule has 0 bridgehead atoms. The molecule has 2 fully saturated rings. The summed E-state index contributed by atoms with van der Waals surface area (Å²) in [4.78, 5) is 71.9. The van der Waals surface area contributed by atoms with Crippen LogP contribution < -0.4 is 15.4 Å². The van der Waals surface area contributed by atoms with Crippen LogP contribution in [-0.2, 0) is 19.1 Å². The molecule has 0 saturated carbocycles. The van der Waals surface area contributed by atoms with Gasteiger partial charge in [-0.3, -0.25) is 14.2 Å². The molecule has 0 radical (unpaired) electrons. The van der Waals surface area contributed by atoms with Gasteiger partial charge in [0, 0.05) is 39.6 Å². The second kappa shape index (κ2) is 18.6. The zero-order valence-electron chi connectivity index (χ0n) is 39.4. The van der Waals surface area contributed by atoms with Gasteiger partial charge in [-0.2, -0.15) is 0 Å². The number of carbonyl (C=O) groups is 4. The molecule has 7 atom stereocenters. The van der Waals surface area contributed by atoms with Crippen molar-refractivity contribution in [2.24, 2.45) is 11.8 Å². The molecule has 70 heavy (non-hydrogen) atoms. The van der Waals surface area contributed by atoms with E-state index >= 15 is 8.78 Å². The number of H-pyrrole nitrogens is 2. The van der Waals surface area contributed by atoms with Gasteiger partial charge in [-0.25, -0.2) is 28.3 Å². The number of hydrogen-bond acceptors (Lipinski definition) is 10. The highest BCUT2D eigenvalue weighted by Gasteiger charge is 2.43. The number of nitrogens with zero attached hydrogens (tertiary/aromatic N) is 5. The summed E-state index contributed by atoms with van der Waals surface area (Å²) >= 11 is 1.66. The molecule has 4 aromatic heterocycles. The SMILES string of the molecule is COC(=O)N[C@H](C(=O)N1C[C@H](F)C[C@H]1c1cnc(-c2ccc3c(c2)cc2n3C(c3cc4ccccc4s3)Oc3cc(-c4cnc([C@@H]5C[C@@H](F)CN5C(=O)[C@@H](NC(=O)OC)C(C)C)[nH]4)ccc3-2)[nH]1)C(C)C. The summed E-state index contributed by atoms with van der Waals surface area (Å²) in [6.45, 7) is 6.99. The molecule has 0 spiro atoms. The number of likely N-dealkylation sites (tertiary alicyclic amines) is 2. The lowest BCUT2D eigenvalue weighted by Gasteiger charge is -2.30. The second-order valence-electron chi connectivity index (χ2n) is 18.8. The number of hydrogen-bond donors (Lipinski definition) is 4. The molecule has 1 unspecified atom stereocenters. The van der Waals surface area contributed by atoms with Crippen LogP contribution in [0, 0.1) is 11.8 Å². The van der Waals surface area contributed by atoms with Gasteiger partial charge in [0.05, 0.1) is 79.3 Å². The number of imidazole rings is 2. The predicted octanol–water partition coefficient (Wildman–Crippen LogP) is 9.23. The van der Waals surface area contributed by atoms with E-state index in [1.54, 1.807) is 37.6 Å². The Labute approximate surface area is 405 Å². The molecule has 7 aromatic rings. The predicted molar refractivity (Wildman–Crippen MR) is 259 cm³/mol. The maximum Gasteiger partial charge on any atom is 0.407 e. The van der Waals surface area contributed by atoms with Gasteiger partial charge in [-0.05, 0) is 65.8 Å². The van der Waals surface area contributed by atoms with E-state index in [1.165, 1.54) is 24.0 Å². The lowest BCUT2D eigenvalue weighted by atomic mass is 10.0. The van der Waals surface area contributed by atoms with E-state index in [4.69, 9.17) is 19.2 Å². The number of fused-ring (bicyclic) bond motifs is 6. The molecule has 4 N–H and O–H groups in total. The largest absolute Gasteiger partial charge is 0.464 e. The summed E-state index contributed by atoms with van der Waals surface area (Å²) in [6, 6.07) is 21.4. The highest BCUT2D eigenvalue weighted by molar-refractivity contribution is 7.19. The van der Waals surface area contributed by atoms with Crippen molar-refractivity contribution in [2.75, 3.05) is 27.3 Å². The van der Waals surface area contributed by atoms with Crippen molar-refractivity contribution in [2.45, 2.75) is 83.3 Å². The minimum atomic E-state index is -1.27. The quantitative estimate of drug-likeness (QED) is 0.0980. The zero-order valence-corrected chi connectivity index (χ0v) is 40.2. The molecular formula is C51H53F2N9O7S. The fourth-order valence-electron chi connectivity index (χ4n) is 10.00. The molecule has 2 saturated heterocycles. The number of nitrogens with one attached hydrogen (secondary N) is 4. The number of carbonyl (C=O) groups excluding carboxylic acids is 4. The Morgan fingerprint density at radius 2 is 1.41 bits per heavy atom. The van der Waals surface area contributed by atoms with Gasteiger partial charge >= 0.3 is 12.2 Å². The molecular weight excluding hydrogens is 921 g/mol. The number of aromatic amines is 2. The van der Waals surface area contributed by atoms with Gasteiger partial charge in [-0.15, -0.1) is 11.3 Å². The summed E-state index contributed by atoms with van der Waals surface area (Å²) in [5, 5.41) is 7.24. The van der Waals surface area contributed by atoms with Gasteiger partial charge in [0.15, 0.2) is 0 Å². The first-order chi connectivity index (χ1) is 33.7. The number of alkyl carbamates (subject to hydrolysis) is 2. The molecule has 4 amide bonds. The van der Waals surface area contributed by atoms with E-state index in [0.29, 0.717) is 28.8 Å². The zero-order chi connectivity index (χ0) is 49.1. The van der Waals surface area contributed by atoms with Crippen LogP contribution in [0.1, 0.15) is 75.2 Å². The average Bonchev–Trinajstić information content (AvgIpc) is 4.22. The third-order valence-corrected chi connectivity index (χ3v) is 14.7. The van der Waals surface area contributed by atoms with Gasteiger partial charge < -0.3 is 44.6 Å². The molecule has 3 aromatic carbocycles. The highest BCUT2D eigenvalue weighted by atomic mass is 32.1. The third kappa shape index (κ3) is 8.49. The van der Waals surface area contributed by atoms with Crippen molar-refractivity contribution >= 4 is 56.3 Å². The van der Waals surface area contributed by atoms with Gasteiger partial charge in [0.25, 0.3) is 0 Å². The first kappa shape index (κ1) is 46.4. The van der Waals surface area contributed by atoms with Crippen LogP contribution in [0.15, 0.2) is 85.2 Å². The van der Waals surface area contributed by atoms with Gasteiger partial charge in [-0.1, -0.05) is 52.0 Å². The summed E-state index contributed by atoms with van der Waals surface area (Å²) in [7, 11) is 2.46. The fraction of sp³-hybridized carbons (Fsp3) is 0.373. The number of aromatic nitrogens is 5. The highest BCUT2D eigenvalue weighted by Crippen LogP contribution is 2.48. The molecule has 3 aliphatic heterocycles. The lowest BCUT2D eigenvalue weighted by Crippen LogP contribution is -2.51. The van der Waals surface area contributed by atoms with Gasteiger partial charge in [0.1, 0.15) is 41.8 Å². The molecule has 364 valence electrons. The second-order valence-corrected chi connectivity index (χ2v) is 19.9. The van der Waals surface area contributed by atoms with E-state index in [2.05, 4.69) is 54.4 Å². The van der Waals surface area contributed by atoms with Crippen LogP contribution >= 0.6 is 11.3 Å². The monoisotopic (exact) mass is 973 g/mol. The van der Waals surface area contributed by atoms with E-state index in [0.717, 1.165) is 48.3 Å². The maximum absolute atomic E-state index is 15.1. The number of amides is 4. The summed E-state index contributed by atoms with van der Waals surface area (Å²) in [5.41, 5.74) is 5.51. The Morgan fingerprint density at radius 3 is 2.09 bits per heavy atom. The Hall–Kier alpha value is -7.28. The number of halogens is 2. The third-order valence-electron chi connectivity index (χ3n) is 13.6. The van der Waals surface area contributed by atoms with Crippen molar-refractivity contribution in [3.63, 3.8) is 0 Å². The van der Waals surface area contributed by atoms with Crippen molar-refractivity contribution in [3.05, 3.63) is 102 Å². The van der Waals surface area contributed by atoms with Crippen molar-refractivity contribution < 1.29 is 42.2 Å². The van der Waals surface area contributed by atoms with Crippen molar-refractivity contribution in [1.82, 2.24) is 44.9 Å². The number of thiophene rings is 1. The van der Waals surface area contributed by atoms with E-state index in [1.807, 2.05) is 62.4 Å². The first-order valence-electron chi connectivity index (χ1n) is 23.3. The van der Waals surface area contributed by atoms with E-state index in [-0.39, 0.29) is 37.8 Å². The van der Waals surface area contributed by atoms with E-state index in [9.17, 15) is 19.2 Å². The topological polar surface area (TPSA) is 189 Å². The maximum atomic E-state index is 15.1. The van der Waals surface area contributed by atoms with E-state index < -0.39 is 66.7 Å². The number of benzene rings is 3. The smallest absolute Gasteiger partial charge is 0.407 e. The number of ether oxygens (including phenoxy) is 3. The number of alkyl halides is 2. The van der Waals surface area contributed by atoms with Crippen LogP contribution in [-0.4, -0.2) is 110 Å². The van der Waals surface area contributed by atoms with Crippen LogP contribution in [0.2, 0.25) is 0 Å². The molecule has 10 rings (SSSR count). The lowest BCUT2D eigenvalue weighted by molar-refractivity contribution is -0.136. The molecule has 3 aliphatic rings. The van der Waals surface area contributed by atoms with Crippen molar-refractivity contribution in [1.29, 1.82) is 0 Å². The van der Waals surface area contributed by atoms with Crippen LogP contribution in [0.25, 0.3) is 54.9 Å². The first-order valence-corrected chi connectivity index (χ1v) is 24.1. The fourth-order valence-corrected chi connectivity index (χ4v) is 11.1. The van der Waals surface area contributed by atoms with Crippen molar-refractivity contribution in [3.8, 4) is 39.7 Å². The normalized spacial score (nSPS) is 20.6. The Morgan fingerprint density at radius 1 is 0.757 bits per heavy atom. The summed E-state index contributed by atoms with van der Waals surface area (Å²) in [5.74, 6) is 0.262. The molecule has 16 nitrogen and oxygen atoms in total. The average molecular weight is 974 g/mol. The minimum Gasteiger partial charge on any atom is -0.464 e. The van der Waals surface area contributed by atoms with Crippen LogP contribution in [0.4, 0.5) is 18.4 Å². The standard InChI is InChI=1S/C51H53F2N9O7S/c1-25(2)43(58-50(65)67-5)47(63)60-23-31(52)19-38(60)35-22-54-45(57-35)29-12-14-36-30(15-29)16-37-33-13-11-27(17-40(33)69-49(62(36)37)42-18-28-9-7-8-10-41(28)70-42)34-21-55-46(56-34)39-20-32(53)24-61(39)48(64)44(26(3)4)59-51(66)68-6/h7-18,21-22,25-26,31-32,38-39,43-44,49H,19-20,23-24H2,1-6H3,(H,54,57)(H,55,56)(H,58,65)(H,59,66)/t31-,32-,38+,39+,43+,44+,49?/m1/s1. The van der Waals surface area contributed by atoms with Crippen LogP contribution in [0.5, 0.6) is 5.75 Å². The number of methoxy groups -OCH3 is 2.